The lowest BCUT2D eigenvalue weighted by Crippen LogP contribution is -2.31. The van der Waals surface area contributed by atoms with Gasteiger partial charge in [0.15, 0.2) is 0 Å². The molecule has 0 unspecified atom stereocenters. The molecule has 0 aliphatic heterocycles. The number of carbonyl (C=O) groups is 1. The second-order valence-corrected chi connectivity index (χ2v) is 7.29. The predicted octanol–water partition coefficient (Wildman–Crippen LogP) is 4.07. The second kappa shape index (κ2) is 9.65. The molecule has 2 aromatic carbocycles. The molecule has 23 heavy (non-hydrogen) atoms. The van der Waals surface area contributed by atoms with E-state index in [9.17, 15) is 4.79 Å². The fourth-order valence-electron chi connectivity index (χ4n) is 2.04. The number of benzene rings is 2. The molecule has 0 fully saturated rings. The molecule has 5 heteroatoms. The summed E-state index contributed by atoms with van der Waals surface area (Å²) in [5.74, 6) is 1.05. The van der Waals surface area contributed by atoms with Gasteiger partial charge < -0.3 is 5.32 Å². The first-order valence-electron chi connectivity index (χ1n) is 7.48. The number of carbonyl (C=O) groups excluding carboxylic acids is 1. The number of nitrogens with one attached hydrogen (secondary N) is 1. The van der Waals surface area contributed by atoms with Gasteiger partial charge in [-0.3, -0.25) is 9.69 Å². The van der Waals surface area contributed by atoms with Crippen LogP contribution in [0.2, 0.25) is 0 Å². The lowest BCUT2D eigenvalue weighted by Gasteiger charge is -2.16. The van der Waals surface area contributed by atoms with Crippen molar-refractivity contribution in [1.29, 1.82) is 0 Å². The number of para-hydroxylation sites is 1. The Morgan fingerprint density at radius 1 is 1.09 bits per heavy atom. The standard InChI is InChI=1S/C18H22N2OS2/c1-20(12-13-22-2)14-18(21)19-16-10-6-7-11-17(16)23-15-8-4-3-5-9-15/h3-11H,12-14H2,1-2H3,(H,19,21). The van der Waals surface area contributed by atoms with Crippen LogP contribution in [0.4, 0.5) is 5.69 Å². The Hall–Kier alpha value is -1.43. The van der Waals surface area contributed by atoms with Crippen molar-refractivity contribution in [3.63, 3.8) is 0 Å². The summed E-state index contributed by atoms with van der Waals surface area (Å²) in [5.41, 5.74) is 0.865. The highest BCUT2D eigenvalue weighted by atomic mass is 32.2. The zero-order chi connectivity index (χ0) is 16.5. The molecule has 122 valence electrons. The third-order valence-corrected chi connectivity index (χ3v) is 4.90. The third-order valence-electron chi connectivity index (χ3n) is 3.22. The van der Waals surface area contributed by atoms with Gasteiger partial charge in [0, 0.05) is 22.1 Å². The van der Waals surface area contributed by atoms with Gasteiger partial charge in [0.05, 0.1) is 12.2 Å². The lowest BCUT2D eigenvalue weighted by atomic mass is 10.3. The van der Waals surface area contributed by atoms with Gasteiger partial charge in [0.2, 0.25) is 5.91 Å². The van der Waals surface area contributed by atoms with E-state index < -0.39 is 0 Å². The van der Waals surface area contributed by atoms with E-state index in [1.54, 1.807) is 23.5 Å². The van der Waals surface area contributed by atoms with Crippen molar-refractivity contribution in [2.75, 3.05) is 37.5 Å². The van der Waals surface area contributed by atoms with Crippen molar-refractivity contribution in [3.8, 4) is 0 Å². The van der Waals surface area contributed by atoms with Crippen LogP contribution in [0.15, 0.2) is 64.4 Å². The summed E-state index contributed by atoms with van der Waals surface area (Å²) in [6.45, 7) is 1.32. The Morgan fingerprint density at radius 3 is 2.52 bits per heavy atom. The number of rotatable bonds is 8. The molecular formula is C18H22N2OS2. The molecule has 0 atom stereocenters. The number of thioether (sulfide) groups is 1. The molecule has 3 nitrogen and oxygen atoms in total. The molecule has 0 heterocycles. The zero-order valence-electron chi connectivity index (χ0n) is 13.5. The Kier molecular flexibility index (Phi) is 7.52. The van der Waals surface area contributed by atoms with Gasteiger partial charge in [0.25, 0.3) is 0 Å². The quantitative estimate of drug-likeness (QED) is 0.781. The van der Waals surface area contributed by atoms with Crippen molar-refractivity contribution in [2.45, 2.75) is 9.79 Å². The van der Waals surface area contributed by atoms with Crippen LogP contribution in [0.5, 0.6) is 0 Å². The van der Waals surface area contributed by atoms with Crippen LogP contribution in [0, 0.1) is 0 Å². The second-order valence-electron chi connectivity index (χ2n) is 5.19. The first-order valence-corrected chi connectivity index (χ1v) is 9.69. The molecule has 0 radical (unpaired) electrons. The number of amides is 1. The predicted molar refractivity (Wildman–Crippen MR) is 102 cm³/mol. The summed E-state index contributed by atoms with van der Waals surface area (Å²) < 4.78 is 0. The molecule has 0 aliphatic carbocycles. The van der Waals surface area contributed by atoms with Crippen LogP contribution in [-0.2, 0) is 4.79 Å². The number of nitrogens with zero attached hydrogens (tertiary/aromatic N) is 1. The Balaban J connectivity index is 1.98. The minimum Gasteiger partial charge on any atom is -0.324 e. The SMILES string of the molecule is CSCCN(C)CC(=O)Nc1ccccc1Sc1ccccc1. The highest BCUT2D eigenvalue weighted by molar-refractivity contribution is 7.99. The van der Waals surface area contributed by atoms with Crippen LogP contribution in [0.3, 0.4) is 0 Å². The average Bonchev–Trinajstić information content (AvgIpc) is 2.55. The van der Waals surface area contributed by atoms with E-state index >= 15 is 0 Å². The molecule has 1 N–H and O–H groups in total. The summed E-state index contributed by atoms with van der Waals surface area (Å²) >= 11 is 3.45. The molecule has 2 rings (SSSR count). The molecule has 0 saturated carbocycles. The first kappa shape index (κ1) is 17.9. The Morgan fingerprint density at radius 2 is 1.78 bits per heavy atom. The maximum absolute atomic E-state index is 12.2. The van der Waals surface area contributed by atoms with Crippen molar-refractivity contribution in [3.05, 3.63) is 54.6 Å². The largest absolute Gasteiger partial charge is 0.324 e. The third kappa shape index (κ3) is 6.29. The molecule has 0 spiro atoms. The highest BCUT2D eigenvalue weighted by Gasteiger charge is 2.10. The van der Waals surface area contributed by atoms with E-state index in [2.05, 4.69) is 23.7 Å². The van der Waals surface area contributed by atoms with E-state index in [1.807, 2.05) is 54.4 Å². The maximum Gasteiger partial charge on any atom is 0.238 e. The summed E-state index contributed by atoms with van der Waals surface area (Å²) in [6.07, 6.45) is 2.07. The van der Waals surface area contributed by atoms with Crippen LogP contribution < -0.4 is 5.32 Å². The summed E-state index contributed by atoms with van der Waals surface area (Å²) in [6, 6.07) is 18.1. The number of hydrogen-bond acceptors (Lipinski definition) is 4. The molecule has 0 aromatic heterocycles. The minimum atomic E-state index is 0.0229. The van der Waals surface area contributed by atoms with Crippen LogP contribution in [-0.4, -0.2) is 43.0 Å². The highest BCUT2D eigenvalue weighted by Crippen LogP contribution is 2.33. The number of anilines is 1. The van der Waals surface area contributed by atoms with Gasteiger partial charge in [-0.25, -0.2) is 0 Å². The van der Waals surface area contributed by atoms with Crippen LogP contribution in [0.1, 0.15) is 0 Å². The first-order chi connectivity index (χ1) is 11.2. The van der Waals surface area contributed by atoms with Crippen molar-refractivity contribution < 1.29 is 4.79 Å². The van der Waals surface area contributed by atoms with Gasteiger partial charge in [-0.2, -0.15) is 11.8 Å². The van der Waals surface area contributed by atoms with Gasteiger partial charge >= 0.3 is 0 Å². The van der Waals surface area contributed by atoms with Crippen LogP contribution >= 0.6 is 23.5 Å². The maximum atomic E-state index is 12.2. The van der Waals surface area contributed by atoms with E-state index in [0.29, 0.717) is 6.54 Å². The molecule has 1 amide bonds. The smallest absolute Gasteiger partial charge is 0.238 e. The molecule has 0 aliphatic rings. The monoisotopic (exact) mass is 346 g/mol. The normalized spacial score (nSPS) is 10.7. The fourth-order valence-corrected chi connectivity index (χ4v) is 3.45. The van der Waals surface area contributed by atoms with E-state index in [-0.39, 0.29) is 5.91 Å². The van der Waals surface area contributed by atoms with Crippen LogP contribution in [0.25, 0.3) is 0 Å². The van der Waals surface area contributed by atoms with Gasteiger partial charge in [-0.1, -0.05) is 42.1 Å². The fraction of sp³-hybridized carbons (Fsp3) is 0.278. The van der Waals surface area contributed by atoms with E-state index in [1.165, 1.54) is 0 Å². The van der Waals surface area contributed by atoms with E-state index in [4.69, 9.17) is 0 Å². The lowest BCUT2D eigenvalue weighted by molar-refractivity contribution is -0.117. The molecule has 0 bridgehead atoms. The Bertz CT molecular complexity index is 619. The van der Waals surface area contributed by atoms with Crippen molar-refractivity contribution >= 4 is 35.1 Å². The van der Waals surface area contributed by atoms with Gasteiger partial charge in [-0.15, -0.1) is 0 Å². The average molecular weight is 347 g/mol. The topological polar surface area (TPSA) is 32.3 Å². The van der Waals surface area contributed by atoms with Gasteiger partial charge in [0.1, 0.15) is 0 Å². The summed E-state index contributed by atoms with van der Waals surface area (Å²) in [4.78, 5) is 16.5. The summed E-state index contributed by atoms with van der Waals surface area (Å²) in [7, 11) is 1.97. The van der Waals surface area contributed by atoms with Crippen molar-refractivity contribution in [1.82, 2.24) is 4.90 Å². The van der Waals surface area contributed by atoms with E-state index in [0.717, 1.165) is 27.8 Å². The Labute approximate surface area is 146 Å². The molecule has 0 saturated heterocycles. The number of likely N-dealkylation sites (N-methyl/N-ethyl adjacent to an activating group) is 1. The minimum absolute atomic E-state index is 0.0229. The summed E-state index contributed by atoms with van der Waals surface area (Å²) in [5, 5.41) is 3.03. The molecular weight excluding hydrogens is 324 g/mol. The van der Waals surface area contributed by atoms with Gasteiger partial charge in [-0.05, 0) is 37.6 Å². The number of hydrogen-bond donors (Lipinski definition) is 1. The van der Waals surface area contributed by atoms with Crippen molar-refractivity contribution in [2.24, 2.45) is 0 Å². The molecule has 2 aromatic rings. The zero-order valence-corrected chi connectivity index (χ0v) is 15.1.